The fourth-order valence-electron chi connectivity index (χ4n) is 3.28. The lowest BCUT2D eigenvalue weighted by molar-refractivity contribution is -0.151. The third kappa shape index (κ3) is 5.76. The van der Waals surface area contributed by atoms with Crippen molar-refractivity contribution in [3.63, 3.8) is 0 Å². The van der Waals surface area contributed by atoms with Crippen LogP contribution in [0.5, 0.6) is 5.75 Å². The van der Waals surface area contributed by atoms with Crippen LogP contribution in [-0.4, -0.2) is 37.0 Å². The number of nitrogens with zero attached hydrogens (tertiary/aromatic N) is 1. The molecular weight excluding hydrogens is 420 g/mol. The molecule has 1 N–H and O–H groups in total. The topological polar surface area (TPSA) is 84.9 Å². The van der Waals surface area contributed by atoms with E-state index in [0.717, 1.165) is 5.56 Å². The number of hydrogen-bond donors (Lipinski definition) is 1. The molecule has 0 aliphatic carbocycles. The first-order valence-electron chi connectivity index (χ1n) is 10.0. The van der Waals surface area contributed by atoms with Crippen LogP contribution in [0.4, 0.5) is 11.4 Å². The lowest BCUT2D eigenvalue weighted by Gasteiger charge is -2.17. The van der Waals surface area contributed by atoms with Crippen molar-refractivity contribution in [3.05, 3.63) is 53.1 Å². The minimum atomic E-state index is -0.625. The predicted molar refractivity (Wildman–Crippen MR) is 118 cm³/mol. The molecule has 0 aromatic heterocycles. The Morgan fingerprint density at radius 3 is 2.58 bits per heavy atom. The second kappa shape index (κ2) is 9.83. The molecule has 0 unspecified atom stereocenters. The Labute approximate surface area is 186 Å². The Morgan fingerprint density at radius 2 is 1.90 bits per heavy atom. The number of anilines is 2. The van der Waals surface area contributed by atoms with E-state index in [1.54, 1.807) is 54.3 Å². The average molecular weight is 445 g/mol. The van der Waals surface area contributed by atoms with Crippen molar-refractivity contribution in [3.8, 4) is 5.75 Å². The van der Waals surface area contributed by atoms with Gasteiger partial charge in [-0.15, -0.1) is 0 Å². The normalized spacial score (nSPS) is 15.8. The zero-order valence-corrected chi connectivity index (χ0v) is 18.4. The van der Waals surface area contributed by atoms with Crippen molar-refractivity contribution < 1.29 is 23.9 Å². The van der Waals surface area contributed by atoms with Crippen LogP contribution in [0.1, 0.15) is 25.8 Å². The van der Waals surface area contributed by atoms with E-state index >= 15 is 0 Å². The van der Waals surface area contributed by atoms with Crippen molar-refractivity contribution in [1.82, 2.24) is 0 Å². The molecule has 1 fully saturated rings. The van der Waals surface area contributed by atoms with Crippen LogP contribution in [0.25, 0.3) is 0 Å². The number of hydrogen-bond acceptors (Lipinski definition) is 5. The number of carbonyl (C=O) groups is 3. The quantitative estimate of drug-likeness (QED) is 0.653. The number of esters is 1. The van der Waals surface area contributed by atoms with E-state index in [-0.39, 0.29) is 25.0 Å². The first kappa shape index (κ1) is 22.6. The maximum absolute atomic E-state index is 12.4. The molecule has 2 amide bonds. The molecular formula is C23H25ClN2O5. The summed E-state index contributed by atoms with van der Waals surface area (Å²) in [7, 11) is 0. The zero-order chi connectivity index (χ0) is 22.5. The summed E-state index contributed by atoms with van der Waals surface area (Å²) in [5.41, 5.74) is 1.97. The number of benzene rings is 2. The predicted octanol–water partition coefficient (Wildman–Crippen LogP) is 3.97. The molecule has 1 aliphatic rings. The van der Waals surface area contributed by atoms with Crippen LogP contribution in [0.2, 0.25) is 5.02 Å². The van der Waals surface area contributed by atoms with Crippen LogP contribution in [0.3, 0.4) is 0 Å². The van der Waals surface area contributed by atoms with Gasteiger partial charge in [0.15, 0.2) is 6.61 Å². The lowest BCUT2D eigenvalue weighted by Crippen LogP contribution is -2.28. The van der Waals surface area contributed by atoms with E-state index in [0.29, 0.717) is 22.1 Å². The second-order valence-corrected chi connectivity index (χ2v) is 8.04. The number of carbonyl (C=O) groups excluding carboxylic acids is 3. The van der Waals surface area contributed by atoms with E-state index in [1.807, 2.05) is 13.8 Å². The van der Waals surface area contributed by atoms with Crippen LogP contribution in [0, 0.1) is 12.8 Å². The number of nitrogens with one attached hydrogen (secondary N) is 1. The molecule has 31 heavy (non-hydrogen) atoms. The Kier molecular flexibility index (Phi) is 7.17. The third-order valence-electron chi connectivity index (χ3n) is 4.87. The summed E-state index contributed by atoms with van der Waals surface area (Å²) in [6.45, 7) is 5.42. The summed E-state index contributed by atoms with van der Waals surface area (Å²) in [6, 6.07) is 12.3. The number of ether oxygens (including phenoxy) is 2. The fraction of sp³-hybridized carbons (Fsp3) is 0.348. The van der Waals surface area contributed by atoms with Gasteiger partial charge in [-0.2, -0.15) is 0 Å². The summed E-state index contributed by atoms with van der Waals surface area (Å²) in [5, 5.41) is 3.20. The highest BCUT2D eigenvalue weighted by Crippen LogP contribution is 2.28. The molecule has 0 spiro atoms. The molecule has 7 nitrogen and oxygen atoms in total. The molecule has 164 valence electrons. The maximum Gasteiger partial charge on any atom is 0.311 e. The molecule has 0 saturated carbocycles. The molecule has 1 atom stereocenters. The van der Waals surface area contributed by atoms with E-state index in [1.165, 1.54) is 0 Å². The molecule has 3 rings (SSSR count). The molecule has 0 bridgehead atoms. The van der Waals surface area contributed by atoms with Gasteiger partial charge >= 0.3 is 5.97 Å². The lowest BCUT2D eigenvalue weighted by atomic mass is 10.1. The zero-order valence-electron chi connectivity index (χ0n) is 17.7. The van der Waals surface area contributed by atoms with Crippen LogP contribution >= 0.6 is 11.6 Å². The van der Waals surface area contributed by atoms with E-state index in [2.05, 4.69) is 5.32 Å². The van der Waals surface area contributed by atoms with Gasteiger partial charge in [-0.05, 0) is 62.7 Å². The first-order valence-corrected chi connectivity index (χ1v) is 10.4. The van der Waals surface area contributed by atoms with Gasteiger partial charge in [0.1, 0.15) is 5.75 Å². The van der Waals surface area contributed by atoms with Crippen molar-refractivity contribution in [2.45, 2.75) is 33.3 Å². The highest BCUT2D eigenvalue weighted by atomic mass is 35.5. The summed E-state index contributed by atoms with van der Waals surface area (Å²) in [5.74, 6) is -1.13. The van der Waals surface area contributed by atoms with Gasteiger partial charge in [-0.3, -0.25) is 14.4 Å². The second-order valence-electron chi connectivity index (χ2n) is 7.63. The largest absolute Gasteiger partial charge is 0.491 e. The average Bonchev–Trinajstić information content (AvgIpc) is 3.11. The number of halogens is 1. The van der Waals surface area contributed by atoms with Gasteiger partial charge < -0.3 is 19.7 Å². The summed E-state index contributed by atoms with van der Waals surface area (Å²) in [4.78, 5) is 38.5. The Morgan fingerprint density at radius 1 is 1.19 bits per heavy atom. The number of rotatable bonds is 7. The standard InChI is InChI=1S/C23H25ClN2O5/c1-14(2)31-18-9-7-17(8-10-18)26-12-16(11-22(26)28)23(29)30-13-21(27)25-20-6-4-5-19(24)15(20)3/h4-10,14,16H,11-13H2,1-3H3,(H,25,27)/t16-/m0/s1. The van der Waals surface area contributed by atoms with Crippen molar-refractivity contribution >= 4 is 40.8 Å². The molecule has 0 radical (unpaired) electrons. The Balaban J connectivity index is 1.53. The van der Waals surface area contributed by atoms with Gasteiger partial charge in [0.2, 0.25) is 5.91 Å². The minimum Gasteiger partial charge on any atom is -0.491 e. The summed E-state index contributed by atoms with van der Waals surface area (Å²) < 4.78 is 10.7. The molecule has 1 heterocycles. The molecule has 1 aliphatic heterocycles. The molecule has 2 aromatic carbocycles. The molecule has 1 saturated heterocycles. The Hall–Kier alpha value is -3.06. The van der Waals surface area contributed by atoms with Gasteiger partial charge in [0.05, 0.1) is 12.0 Å². The van der Waals surface area contributed by atoms with Gasteiger partial charge in [-0.25, -0.2) is 0 Å². The maximum atomic E-state index is 12.4. The van der Waals surface area contributed by atoms with Crippen molar-refractivity contribution in [1.29, 1.82) is 0 Å². The van der Waals surface area contributed by atoms with Gasteiger partial charge in [0.25, 0.3) is 5.91 Å². The summed E-state index contributed by atoms with van der Waals surface area (Å²) >= 11 is 6.04. The monoisotopic (exact) mass is 444 g/mol. The smallest absolute Gasteiger partial charge is 0.311 e. The minimum absolute atomic E-state index is 0.0398. The SMILES string of the molecule is Cc1c(Cl)cccc1NC(=O)COC(=O)[C@H]1CC(=O)N(c2ccc(OC(C)C)cc2)C1. The van der Waals surface area contributed by atoms with Crippen molar-refractivity contribution in [2.24, 2.45) is 5.92 Å². The molecule has 8 heteroatoms. The van der Waals surface area contributed by atoms with Crippen molar-refractivity contribution in [2.75, 3.05) is 23.4 Å². The number of amides is 2. The van der Waals surface area contributed by atoms with E-state index < -0.39 is 24.4 Å². The highest BCUT2D eigenvalue weighted by molar-refractivity contribution is 6.31. The van der Waals surface area contributed by atoms with Crippen LogP contribution in [0.15, 0.2) is 42.5 Å². The third-order valence-corrected chi connectivity index (χ3v) is 5.28. The highest BCUT2D eigenvalue weighted by Gasteiger charge is 2.36. The van der Waals surface area contributed by atoms with Crippen LogP contribution in [-0.2, 0) is 19.1 Å². The van der Waals surface area contributed by atoms with Gasteiger partial charge in [0, 0.05) is 29.4 Å². The van der Waals surface area contributed by atoms with E-state index in [4.69, 9.17) is 21.1 Å². The summed E-state index contributed by atoms with van der Waals surface area (Å²) in [6.07, 6.45) is 0.0939. The van der Waals surface area contributed by atoms with Crippen LogP contribution < -0.4 is 15.0 Å². The fourth-order valence-corrected chi connectivity index (χ4v) is 3.45. The van der Waals surface area contributed by atoms with E-state index in [9.17, 15) is 14.4 Å². The molecule has 2 aromatic rings. The first-order chi connectivity index (χ1) is 14.7. The Bertz CT molecular complexity index is 974. The van der Waals surface area contributed by atoms with Gasteiger partial charge in [-0.1, -0.05) is 17.7 Å².